The number of amides is 1. The minimum atomic E-state index is 0.0455. The molecule has 2 aliphatic rings. The lowest BCUT2D eigenvalue weighted by molar-refractivity contribution is -0.119. The smallest absolute Gasteiger partial charge is 0.245 e. The summed E-state index contributed by atoms with van der Waals surface area (Å²) in [4.78, 5) is 13.5. The number of piperidine rings is 1. The number of anilines is 1. The lowest BCUT2D eigenvalue weighted by Crippen LogP contribution is -2.45. The van der Waals surface area contributed by atoms with E-state index in [1.807, 2.05) is 4.68 Å². The molecule has 7 nitrogen and oxygen atoms in total. The van der Waals surface area contributed by atoms with E-state index in [1.54, 1.807) is 6.92 Å². The Hall–Kier alpha value is -2.44. The van der Waals surface area contributed by atoms with Crippen molar-refractivity contribution in [1.82, 2.24) is 25.5 Å². The number of tetrazole rings is 1. The second kappa shape index (κ2) is 6.82. The largest absolute Gasteiger partial charge is 0.353 e. The molecule has 1 fully saturated rings. The first-order valence-corrected chi connectivity index (χ1v) is 9.07. The van der Waals surface area contributed by atoms with Crippen molar-refractivity contribution in [2.75, 3.05) is 18.0 Å². The highest BCUT2D eigenvalue weighted by Gasteiger charge is 2.28. The molecule has 7 heteroatoms. The molecule has 1 aromatic heterocycles. The maximum absolute atomic E-state index is 11.2. The summed E-state index contributed by atoms with van der Waals surface area (Å²) in [7, 11) is 0. The van der Waals surface area contributed by atoms with E-state index in [1.165, 1.54) is 11.1 Å². The van der Waals surface area contributed by atoms with Crippen LogP contribution in [0.2, 0.25) is 0 Å². The molecule has 0 saturated carbocycles. The van der Waals surface area contributed by atoms with Gasteiger partial charge in [-0.15, -0.1) is 0 Å². The van der Waals surface area contributed by atoms with E-state index in [4.69, 9.17) is 0 Å². The van der Waals surface area contributed by atoms with Crippen LogP contribution in [0, 0.1) is 0 Å². The standard InChI is InChI=1S/C18H24N6O/c1-13(25)19-16-8-10-23(11-9-16)18-20-21-22-24(18)17-7-6-14-4-2-3-5-15(14)12-17/h2-5,16-17H,6-12H2,1H3,(H,19,25). The van der Waals surface area contributed by atoms with Crippen molar-refractivity contribution < 1.29 is 4.79 Å². The van der Waals surface area contributed by atoms with Gasteiger partial charge in [0.25, 0.3) is 0 Å². The fourth-order valence-corrected chi connectivity index (χ4v) is 4.03. The number of hydrogen-bond donors (Lipinski definition) is 1. The van der Waals surface area contributed by atoms with Crippen molar-refractivity contribution in [3.8, 4) is 0 Å². The van der Waals surface area contributed by atoms with Gasteiger partial charge < -0.3 is 10.2 Å². The Balaban J connectivity index is 1.46. The second-order valence-electron chi connectivity index (χ2n) is 7.05. The number of aromatic nitrogens is 4. The van der Waals surface area contributed by atoms with Gasteiger partial charge in [0, 0.05) is 26.1 Å². The van der Waals surface area contributed by atoms with Gasteiger partial charge in [0.1, 0.15) is 0 Å². The highest BCUT2D eigenvalue weighted by atomic mass is 16.1. The Morgan fingerprint density at radius 1 is 1.16 bits per heavy atom. The van der Waals surface area contributed by atoms with Gasteiger partial charge in [-0.25, -0.2) is 4.68 Å². The molecule has 2 aromatic rings. The number of fused-ring (bicyclic) bond motifs is 1. The normalized spacial score (nSPS) is 21.0. The van der Waals surface area contributed by atoms with Gasteiger partial charge in [0.2, 0.25) is 11.9 Å². The topological polar surface area (TPSA) is 75.9 Å². The quantitative estimate of drug-likeness (QED) is 0.916. The lowest BCUT2D eigenvalue weighted by atomic mass is 9.88. The predicted octanol–water partition coefficient (Wildman–Crippen LogP) is 1.51. The molecule has 0 bridgehead atoms. The number of hydrogen-bond acceptors (Lipinski definition) is 5. The van der Waals surface area contributed by atoms with Crippen LogP contribution in [0.1, 0.15) is 43.4 Å². The van der Waals surface area contributed by atoms with Crippen LogP contribution >= 0.6 is 0 Å². The predicted molar refractivity (Wildman–Crippen MR) is 94.4 cm³/mol. The molecule has 1 amide bonds. The summed E-state index contributed by atoms with van der Waals surface area (Å²) < 4.78 is 2.01. The van der Waals surface area contributed by atoms with Crippen LogP contribution in [-0.2, 0) is 17.6 Å². The maximum Gasteiger partial charge on any atom is 0.245 e. The molecule has 2 heterocycles. The Labute approximate surface area is 147 Å². The third-order valence-electron chi connectivity index (χ3n) is 5.33. The zero-order valence-electron chi connectivity index (χ0n) is 14.6. The van der Waals surface area contributed by atoms with Crippen molar-refractivity contribution in [2.24, 2.45) is 0 Å². The van der Waals surface area contributed by atoms with Gasteiger partial charge >= 0.3 is 0 Å². The molecular weight excluding hydrogens is 316 g/mol. The molecule has 1 aliphatic carbocycles. The van der Waals surface area contributed by atoms with E-state index >= 15 is 0 Å². The van der Waals surface area contributed by atoms with Crippen LogP contribution in [0.3, 0.4) is 0 Å². The molecular formula is C18H24N6O. The average molecular weight is 340 g/mol. The van der Waals surface area contributed by atoms with Gasteiger partial charge in [0.05, 0.1) is 6.04 Å². The first kappa shape index (κ1) is 16.1. The van der Waals surface area contributed by atoms with E-state index < -0.39 is 0 Å². The monoisotopic (exact) mass is 340 g/mol. The zero-order valence-corrected chi connectivity index (χ0v) is 14.6. The maximum atomic E-state index is 11.2. The molecule has 0 spiro atoms. The van der Waals surface area contributed by atoms with Crippen molar-refractivity contribution in [1.29, 1.82) is 0 Å². The highest BCUT2D eigenvalue weighted by Crippen LogP contribution is 2.31. The van der Waals surface area contributed by atoms with Crippen LogP contribution < -0.4 is 10.2 Å². The Morgan fingerprint density at radius 2 is 1.92 bits per heavy atom. The first-order chi connectivity index (χ1) is 12.2. The molecule has 1 atom stereocenters. The van der Waals surface area contributed by atoms with Crippen LogP contribution in [0.4, 0.5) is 5.95 Å². The van der Waals surface area contributed by atoms with Crippen molar-refractivity contribution >= 4 is 11.9 Å². The number of carbonyl (C=O) groups is 1. The summed E-state index contributed by atoms with van der Waals surface area (Å²) in [6.45, 7) is 3.32. The summed E-state index contributed by atoms with van der Waals surface area (Å²) in [5, 5.41) is 15.6. The van der Waals surface area contributed by atoms with Crippen molar-refractivity contribution in [3.05, 3.63) is 35.4 Å². The first-order valence-electron chi connectivity index (χ1n) is 9.07. The lowest BCUT2D eigenvalue weighted by Gasteiger charge is -2.34. The van der Waals surface area contributed by atoms with E-state index in [9.17, 15) is 4.79 Å². The Kier molecular flexibility index (Phi) is 4.38. The molecule has 1 unspecified atom stereocenters. The average Bonchev–Trinajstić information content (AvgIpc) is 3.11. The van der Waals surface area contributed by atoms with E-state index in [-0.39, 0.29) is 11.9 Å². The minimum Gasteiger partial charge on any atom is -0.353 e. The van der Waals surface area contributed by atoms with E-state index in [2.05, 4.69) is 50.0 Å². The fourth-order valence-electron chi connectivity index (χ4n) is 4.03. The number of nitrogens with zero attached hydrogens (tertiary/aromatic N) is 5. The minimum absolute atomic E-state index is 0.0455. The SMILES string of the molecule is CC(=O)NC1CCN(c2nnnn2C2CCc3ccccc3C2)CC1. The molecule has 4 rings (SSSR count). The Morgan fingerprint density at radius 3 is 2.68 bits per heavy atom. The molecule has 0 radical (unpaired) electrons. The van der Waals surface area contributed by atoms with E-state index in [0.717, 1.165) is 51.1 Å². The molecule has 1 aromatic carbocycles. The van der Waals surface area contributed by atoms with Crippen LogP contribution in [0.5, 0.6) is 0 Å². The van der Waals surface area contributed by atoms with Gasteiger partial charge in [0.15, 0.2) is 0 Å². The summed E-state index contributed by atoms with van der Waals surface area (Å²) in [6, 6.07) is 9.23. The third kappa shape index (κ3) is 3.36. The highest BCUT2D eigenvalue weighted by molar-refractivity contribution is 5.73. The van der Waals surface area contributed by atoms with Gasteiger partial charge in [-0.05, 0) is 53.7 Å². The fraction of sp³-hybridized carbons (Fsp3) is 0.556. The summed E-state index contributed by atoms with van der Waals surface area (Å²) >= 11 is 0. The molecule has 1 N–H and O–H groups in total. The molecule has 132 valence electrons. The molecule has 1 saturated heterocycles. The summed E-state index contributed by atoms with van der Waals surface area (Å²) in [6.07, 6.45) is 4.98. The number of aryl methyl sites for hydroxylation is 1. The molecule has 1 aliphatic heterocycles. The summed E-state index contributed by atoms with van der Waals surface area (Å²) in [5.74, 6) is 0.912. The third-order valence-corrected chi connectivity index (χ3v) is 5.33. The summed E-state index contributed by atoms with van der Waals surface area (Å²) in [5.41, 5.74) is 2.86. The number of benzene rings is 1. The van der Waals surface area contributed by atoms with Crippen LogP contribution in [0.25, 0.3) is 0 Å². The van der Waals surface area contributed by atoms with Crippen LogP contribution in [-0.4, -0.2) is 45.2 Å². The van der Waals surface area contributed by atoms with Crippen molar-refractivity contribution in [2.45, 2.75) is 51.1 Å². The van der Waals surface area contributed by atoms with Gasteiger partial charge in [-0.1, -0.05) is 29.4 Å². The van der Waals surface area contributed by atoms with Gasteiger partial charge in [-0.3, -0.25) is 4.79 Å². The van der Waals surface area contributed by atoms with Gasteiger partial charge in [-0.2, -0.15) is 0 Å². The number of carbonyl (C=O) groups excluding carboxylic acids is 1. The molecule has 25 heavy (non-hydrogen) atoms. The van der Waals surface area contributed by atoms with Crippen molar-refractivity contribution in [3.63, 3.8) is 0 Å². The number of nitrogens with one attached hydrogen (secondary N) is 1. The van der Waals surface area contributed by atoms with E-state index in [0.29, 0.717) is 6.04 Å². The van der Waals surface area contributed by atoms with Crippen LogP contribution in [0.15, 0.2) is 24.3 Å². The second-order valence-corrected chi connectivity index (χ2v) is 7.05. The Bertz CT molecular complexity index is 750. The zero-order chi connectivity index (χ0) is 17.2. The number of rotatable bonds is 3.